The van der Waals surface area contributed by atoms with Crippen molar-refractivity contribution in [1.29, 1.82) is 0 Å². The van der Waals surface area contributed by atoms with E-state index in [-0.39, 0.29) is 18.4 Å². The Bertz CT molecular complexity index is 779. The van der Waals surface area contributed by atoms with Crippen LogP contribution in [0.3, 0.4) is 0 Å². The number of rotatable bonds is 5. The summed E-state index contributed by atoms with van der Waals surface area (Å²) in [4.78, 5) is 27.4. The van der Waals surface area contributed by atoms with Crippen molar-refractivity contribution in [3.05, 3.63) is 58.7 Å². The van der Waals surface area contributed by atoms with Crippen LogP contribution in [0.5, 0.6) is 0 Å². The van der Waals surface area contributed by atoms with Crippen LogP contribution in [-0.4, -0.2) is 36.6 Å². The van der Waals surface area contributed by atoms with Gasteiger partial charge in [0.25, 0.3) is 5.91 Å². The number of likely N-dealkylation sites (N-methyl/N-ethyl adjacent to an activating group) is 1. The minimum Gasteiger partial charge on any atom is -0.332 e. The summed E-state index contributed by atoms with van der Waals surface area (Å²) in [5, 5.41) is 2.93. The second-order valence-corrected chi connectivity index (χ2v) is 7.03. The van der Waals surface area contributed by atoms with Crippen molar-refractivity contribution >= 4 is 29.3 Å². The smallest absolute Gasteiger partial charge is 0.255 e. The van der Waals surface area contributed by atoms with Crippen molar-refractivity contribution in [3.8, 4) is 0 Å². The molecule has 25 heavy (non-hydrogen) atoms. The lowest BCUT2D eigenvalue weighted by Gasteiger charge is -2.19. The van der Waals surface area contributed by atoms with E-state index in [1.54, 1.807) is 13.1 Å². The molecule has 0 aliphatic heterocycles. The van der Waals surface area contributed by atoms with Gasteiger partial charge in [0, 0.05) is 17.6 Å². The van der Waals surface area contributed by atoms with Gasteiger partial charge in [0.2, 0.25) is 5.91 Å². The van der Waals surface area contributed by atoms with Crippen LogP contribution in [-0.2, 0) is 4.79 Å². The van der Waals surface area contributed by atoms with Crippen LogP contribution in [0.25, 0.3) is 0 Å². The highest BCUT2D eigenvalue weighted by atomic mass is 32.2. The standard InChI is InChI=1S/C20H24N2O2S/c1-13-10-14(2)19(15(3)11-13)21-18(23)12-22(4)20(24)16-8-6-7-9-17(16)25-5/h6-11H,12H2,1-5H3,(H,21,23). The molecule has 0 aromatic heterocycles. The van der Waals surface area contributed by atoms with Gasteiger partial charge in [0.1, 0.15) is 0 Å². The number of carbonyl (C=O) groups is 2. The van der Waals surface area contributed by atoms with Gasteiger partial charge in [-0.2, -0.15) is 0 Å². The molecule has 5 heteroatoms. The van der Waals surface area contributed by atoms with Gasteiger partial charge >= 0.3 is 0 Å². The lowest BCUT2D eigenvalue weighted by molar-refractivity contribution is -0.116. The molecule has 2 amide bonds. The molecular weight excluding hydrogens is 332 g/mol. The molecule has 0 aliphatic rings. The number of carbonyl (C=O) groups excluding carboxylic acids is 2. The molecule has 0 radical (unpaired) electrons. The Balaban J connectivity index is 2.09. The summed E-state index contributed by atoms with van der Waals surface area (Å²) in [6, 6.07) is 11.5. The number of amides is 2. The van der Waals surface area contributed by atoms with Gasteiger partial charge in [-0.3, -0.25) is 9.59 Å². The van der Waals surface area contributed by atoms with Gasteiger partial charge in [-0.05, 0) is 50.3 Å². The number of hydrogen-bond donors (Lipinski definition) is 1. The number of nitrogens with one attached hydrogen (secondary N) is 1. The topological polar surface area (TPSA) is 49.4 Å². The van der Waals surface area contributed by atoms with Crippen molar-refractivity contribution in [2.24, 2.45) is 0 Å². The molecule has 0 atom stereocenters. The first-order valence-corrected chi connectivity index (χ1v) is 9.32. The molecule has 0 fully saturated rings. The molecule has 0 bridgehead atoms. The largest absolute Gasteiger partial charge is 0.332 e. The van der Waals surface area contributed by atoms with E-state index in [2.05, 4.69) is 5.32 Å². The van der Waals surface area contributed by atoms with Gasteiger partial charge in [-0.1, -0.05) is 29.8 Å². The maximum Gasteiger partial charge on any atom is 0.255 e. The second kappa shape index (κ2) is 8.21. The lowest BCUT2D eigenvalue weighted by atomic mass is 10.1. The van der Waals surface area contributed by atoms with E-state index in [4.69, 9.17) is 0 Å². The normalized spacial score (nSPS) is 10.4. The lowest BCUT2D eigenvalue weighted by Crippen LogP contribution is -2.35. The fraction of sp³-hybridized carbons (Fsp3) is 0.300. The molecule has 4 nitrogen and oxygen atoms in total. The third kappa shape index (κ3) is 4.63. The zero-order valence-corrected chi connectivity index (χ0v) is 16.2. The molecule has 1 N–H and O–H groups in total. The number of thioether (sulfide) groups is 1. The molecule has 0 unspecified atom stereocenters. The van der Waals surface area contributed by atoms with E-state index >= 15 is 0 Å². The number of anilines is 1. The first-order valence-electron chi connectivity index (χ1n) is 8.09. The molecule has 0 aliphatic carbocycles. The average Bonchev–Trinajstić information content (AvgIpc) is 2.57. The Labute approximate surface area is 153 Å². The van der Waals surface area contributed by atoms with Crippen molar-refractivity contribution in [1.82, 2.24) is 4.90 Å². The van der Waals surface area contributed by atoms with Gasteiger partial charge in [0.15, 0.2) is 0 Å². The number of benzene rings is 2. The molecule has 132 valence electrons. The van der Waals surface area contributed by atoms with Gasteiger partial charge in [-0.25, -0.2) is 0 Å². The third-order valence-corrected chi connectivity index (χ3v) is 4.80. The summed E-state index contributed by atoms with van der Waals surface area (Å²) in [6.45, 7) is 5.98. The van der Waals surface area contributed by atoms with E-state index in [1.807, 2.05) is 57.4 Å². The van der Waals surface area contributed by atoms with E-state index in [9.17, 15) is 9.59 Å². The number of hydrogen-bond acceptors (Lipinski definition) is 3. The Kier molecular flexibility index (Phi) is 6.26. The highest BCUT2D eigenvalue weighted by Gasteiger charge is 2.18. The summed E-state index contributed by atoms with van der Waals surface area (Å²) < 4.78 is 0. The first-order chi connectivity index (χ1) is 11.8. The summed E-state index contributed by atoms with van der Waals surface area (Å²) in [5.41, 5.74) is 4.64. The highest BCUT2D eigenvalue weighted by molar-refractivity contribution is 7.98. The van der Waals surface area contributed by atoms with Crippen LogP contribution >= 0.6 is 11.8 Å². The Morgan fingerprint density at radius 3 is 2.28 bits per heavy atom. The number of nitrogens with zero attached hydrogens (tertiary/aromatic N) is 1. The average molecular weight is 356 g/mol. The maximum absolute atomic E-state index is 12.6. The van der Waals surface area contributed by atoms with Gasteiger partial charge in [0.05, 0.1) is 12.1 Å². The Morgan fingerprint density at radius 1 is 1.08 bits per heavy atom. The maximum atomic E-state index is 12.6. The molecule has 0 spiro atoms. The minimum absolute atomic E-state index is 0.00824. The van der Waals surface area contributed by atoms with Crippen molar-refractivity contribution in [3.63, 3.8) is 0 Å². The first kappa shape index (κ1) is 19.1. The Hall–Kier alpha value is -2.27. The van der Waals surface area contributed by atoms with Gasteiger partial charge < -0.3 is 10.2 Å². The Morgan fingerprint density at radius 2 is 1.68 bits per heavy atom. The van der Waals surface area contributed by atoms with Crippen LogP contribution in [0.15, 0.2) is 41.3 Å². The predicted octanol–water partition coefficient (Wildman–Crippen LogP) is 4.04. The second-order valence-electron chi connectivity index (χ2n) is 6.18. The van der Waals surface area contributed by atoms with E-state index < -0.39 is 0 Å². The molecule has 2 aromatic carbocycles. The summed E-state index contributed by atoms with van der Waals surface area (Å²) in [5.74, 6) is -0.356. The molecule has 0 saturated heterocycles. The quantitative estimate of drug-likeness (QED) is 0.823. The van der Waals surface area contributed by atoms with E-state index in [1.165, 1.54) is 16.7 Å². The van der Waals surface area contributed by atoms with Crippen LogP contribution in [0.1, 0.15) is 27.0 Å². The molecule has 0 heterocycles. The molecular formula is C20H24N2O2S. The van der Waals surface area contributed by atoms with Crippen LogP contribution in [0, 0.1) is 20.8 Å². The van der Waals surface area contributed by atoms with Crippen LogP contribution in [0.2, 0.25) is 0 Å². The zero-order chi connectivity index (χ0) is 18.6. The summed E-state index contributed by atoms with van der Waals surface area (Å²) in [7, 11) is 1.65. The van der Waals surface area contributed by atoms with Crippen molar-refractivity contribution < 1.29 is 9.59 Å². The number of aryl methyl sites for hydroxylation is 3. The highest BCUT2D eigenvalue weighted by Crippen LogP contribution is 2.23. The molecule has 0 saturated carbocycles. The SMILES string of the molecule is CSc1ccccc1C(=O)N(C)CC(=O)Nc1c(C)cc(C)cc1C. The van der Waals surface area contributed by atoms with E-state index in [0.717, 1.165) is 27.3 Å². The van der Waals surface area contributed by atoms with E-state index in [0.29, 0.717) is 5.56 Å². The summed E-state index contributed by atoms with van der Waals surface area (Å²) in [6.07, 6.45) is 1.93. The fourth-order valence-corrected chi connectivity index (χ4v) is 3.46. The van der Waals surface area contributed by atoms with Crippen LogP contribution in [0.4, 0.5) is 5.69 Å². The minimum atomic E-state index is -0.201. The monoisotopic (exact) mass is 356 g/mol. The predicted molar refractivity (Wildman–Crippen MR) is 104 cm³/mol. The van der Waals surface area contributed by atoms with Crippen molar-refractivity contribution in [2.75, 3.05) is 25.2 Å². The zero-order valence-electron chi connectivity index (χ0n) is 15.3. The summed E-state index contributed by atoms with van der Waals surface area (Å²) >= 11 is 1.52. The van der Waals surface area contributed by atoms with Crippen LogP contribution < -0.4 is 5.32 Å². The third-order valence-electron chi connectivity index (χ3n) is 4.01. The van der Waals surface area contributed by atoms with Crippen molar-refractivity contribution in [2.45, 2.75) is 25.7 Å². The fourth-order valence-electron chi connectivity index (χ4n) is 2.87. The van der Waals surface area contributed by atoms with Gasteiger partial charge in [-0.15, -0.1) is 11.8 Å². The molecule has 2 rings (SSSR count). The molecule has 2 aromatic rings.